The highest BCUT2D eigenvalue weighted by atomic mass is 32.2. The largest absolute Gasteiger partial charge is 0.385 e. The van der Waals surface area contributed by atoms with E-state index in [4.69, 9.17) is 5.14 Å². The number of carbonyl (C=O) groups is 1. The number of anilines is 1. The zero-order valence-corrected chi connectivity index (χ0v) is 19.6. The smallest absolute Gasteiger partial charge is 0.354 e. The molecule has 0 radical (unpaired) electrons. The molecule has 4 N–H and O–H groups in total. The number of nitrogens with zero attached hydrogens (tertiary/aromatic N) is 2. The van der Waals surface area contributed by atoms with E-state index in [9.17, 15) is 19.4 Å². The standard InChI is InChI=1S/C21H28N4O3S2/c1-12(2)15-8-7-14(11-22)18(13(3)4)19(15)24-20(26)25-30(23,28)17-10-9-16(29-17)21(5,6)27/h7-10,12-13,27H,1-6H3,(H3,23,24,25,26,28)/t30-/m0/s1. The predicted molar refractivity (Wildman–Crippen MR) is 121 cm³/mol. The summed E-state index contributed by atoms with van der Waals surface area (Å²) in [4.78, 5) is 13.3. The molecule has 0 fully saturated rings. The maximum absolute atomic E-state index is 12.9. The first-order valence-electron chi connectivity index (χ1n) is 9.53. The summed E-state index contributed by atoms with van der Waals surface area (Å²) in [6.07, 6.45) is 0. The SMILES string of the molecule is CC(C)c1ccc(C#N)c(C(C)C)c1NC(=O)N=[S@](N)(=O)c1ccc(C(C)(C)O)s1. The molecule has 0 saturated heterocycles. The Morgan fingerprint density at radius 2 is 1.87 bits per heavy atom. The molecule has 2 rings (SSSR count). The summed E-state index contributed by atoms with van der Waals surface area (Å²) in [6.45, 7) is 11.0. The van der Waals surface area contributed by atoms with Crippen molar-refractivity contribution in [3.63, 3.8) is 0 Å². The van der Waals surface area contributed by atoms with Crippen LogP contribution in [0.15, 0.2) is 32.8 Å². The van der Waals surface area contributed by atoms with Gasteiger partial charge in [0.1, 0.15) is 4.21 Å². The van der Waals surface area contributed by atoms with Crippen LogP contribution in [0, 0.1) is 11.3 Å². The molecule has 0 aliphatic carbocycles. The fourth-order valence-corrected chi connectivity index (χ4v) is 5.30. The van der Waals surface area contributed by atoms with Gasteiger partial charge in [0.2, 0.25) is 0 Å². The molecular weight excluding hydrogens is 420 g/mol. The molecule has 162 valence electrons. The van der Waals surface area contributed by atoms with E-state index >= 15 is 0 Å². The molecule has 0 unspecified atom stereocenters. The van der Waals surface area contributed by atoms with Gasteiger partial charge in [-0.1, -0.05) is 33.8 Å². The lowest BCUT2D eigenvalue weighted by Gasteiger charge is -2.20. The minimum atomic E-state index is -3.50. The number of carbonyl (C=O) groups excluding carboxylic acids is 1. The monoisotopic (exact) mass is 448 g/mol. The molecule has 2 amide bonds. The number of nitrogens with two attached hydrogens (primary N) is 1. The van der Waals surface area contributed by atoms with Gasteiger partial charge in [-0.05, 0) is 55.0 Å². The number of rotatable bonds is 5. The molecule has 2 aromatic rings. The average Bonchev–Trinajstić information content (AvgIpc) is 3.11. The molecule has 0 aliphatic heterocycles. The molecule has 1 heterocycles. The number of hydrogen-bond acceptors (Lipinski definition) is 5. The Hall–Kier alpha value is -2.25. The Bertz CT molecular complexity index is 1110. The van der Waals surface area contributed by atoms with Crippen LogP contribution in [0.1, 0.15) is 74.9 Å². The van der Waals surface area contributed by atoms with Gasteiger partial charge in [-0.2, -0.15) is 5.26 Å². The van der Waals surface area contributed by atoms with Gasteiger partial charge >= 0.3 is 6.03 Å². The third-order valence-electron chi connectivity index (χ3n) is 4.52. The first kappa shape index (κ1) is 24.0. The quantitative estimate of drug-likeness (QED) is 0.592. The number of amides is 2. The van der Waals surface area contributed by atoms with Crippen LogP contribution in [0.4, 0.5) is 10.5 Å². The Morgan fingerprint density at radius 1 is 1.23 bits per heavy atom. The van der Waals surface area contributed by atoms with Crippen LogP contribution in [0.2, 0.25) is 0 Å². The normalized spacial score (nSPS) is 13.8. The Balaban J connectivity index is 2.50. The van der Waals surface area contributed by atoms with Gasteiger partial charge in [-0.3, -0.25) is 0 Å². The van der Waals surface area contributed by atoms with Gasteiger partial charge in [0.05, 0.1) is 22.9 Å². The van der Waals surface area contributed by atoms with Gasteiger partial charge in [-0.15, -0.1) is 15.7 Å². The number of nitriles is 1. The van der Waals surface area contributed by atoms with Crippen molar-refractivity contribution >= 4 is 33.0 Å². The molecule has 1 atom stereocenters. The van der Waals surface area contributed by atoms with Crippen molar-refractivity contribution in [2.45, 2.75) is 63.2 Å². The topological polar surface area (TPSA) is 129 Å². The van der Waals surface area contributed by atoms with Gasteiger partial charge in [0.15, 0.2) is 9.92 Å². The highest BCUT2D eigenvalue weighted by molar-refractivity contribution is 7.93. The lowest BCUT2D eigenvalue weighted by molar-refractivity contribution is 0.0825. The van der Waals surface area contributed by atoms with Crippen molar-refractivity contribution < 1.29 is 14.1 Å². The van der Waals surface area contributed by atoms with Crippen molar-refractivity contribution in [3.8, 4) is 6.07 Å². The second kappa shape index (κ2) is 8.86. The Kier molecular flexibility index (Phi) is 7.09. The fourth-order valence-electron chi connectivity index (χ4n) is 3.06. The van der Waals surface area contributed by atoms with E-state index in [2.05, 4.69) is 15.7 Å². The van der Waals surface area contributed by atoms with Crippen molar-refractivity contribution in [1.82, 2.24) is 0 Å². The highest BCUT2D eigenvalue weighted by Gasteiger charge is 2.23. The van der Waals surface area contributed by atoms with Gasteiger partial charge < -0.3 is 10.4 Å². The van der Waals surface area contributed by atoms with Crippen LogP contribution in [0.5, 0.6) is 0 Å². The zero-order chi connectivity index (χ0) is 22.9. The fraction of sp³-hybridized carbons (Fsp3) is 0.429. The third-order valence-corrected chi connectivity index (χ3v) is 7.83. The van der Waals surface area contributed by atoms with E-state index in [0.717, 1.165) is 16.9 Å². The molecule has 7 nitrogen and oxygen atoms in total. The molecular formula is C21H28N4O3S2. The predicted octanol–water partition coefficient (Wildman–Crippen LogP) is 5.03. The highest BCUT2D eigenvalue weighted by Crippen LogP contribution is 2.35. The second-order valence-electron chi connectivity index (χ2n) is 8.18. The number of nitrogens with one attached hydrogen (secondary N) is 1. The first-order valence-corrected chi connectivity index (χ1v) is 11.9. The van der Waals surface area contributed by atoms with Crippen molar-refractivity contribution in [3.05, 3.63) is 45.8 Å². The van der Waals surface area contributed by atoms with Crippen molar-refractivity contribution in [1.29, 1.82) is 5.26 Å². The second-order valence-corrected chi connectivity index (χ2v) is 11.3. The van der Waals surface area contributed by atoms with Crippen LogP contribution in [0.3, 0.4) is 0 Å². The zero-order valence-electron chi connectivity index (χ0n) is 18.0. The molecule has 1 aromatic heterocycles. The van der Waals surface area contributed by atoms with Crippen molar-refractivity contribution in [2.24, 2.45) is 9.50 Å². The Labute approximate surface area is 182 Å². The van der Waals surface area contributed by atoms with E-state index in [1.165, 1.54) is 6.07 Å². The maximum Gasteiger partial charge on any atom is 0.354 e. The summed E-state index contributed by atoms with van der Waals surface area (Å²) in [5.74, 6) is 0.0573. The lowest BCUT2D eigenvalue weighted by Crippen LogP contribution is -2.19. The average molecular weight is 449 g/mol. The number of hydrogen-bond donors (Lipinski definition) is 3. The van der Waals surface area contributed by atoms with E-state index in [1.54, 1.807) is 32.0 Å². The summed E-state index contributed by atoms with van der Waals surface area (Å²) >= 11 is 1.05. The van der Waals surface area contributed by atoms with Gasteiger partial charge in [0, 0.05) is 4.88 Å². The molecule has 30 heavy (non-hydrogen) atoms. The summed E-state index contributed by atoms with van der Waals surface area (Å²) in [5.41, 5.74) is 1.41. The Morgan fingerprint density at radius 3 is 2.33 bits per heavy atom. The molecule has 0 saturated carbocycles. The number of urea groups is 1. The first-order chi connectivity index (χ1) is 13.8. The number of benzene rings is 1. The molecule has 9 heteroatoms. The summed E-state index contributed by atoms with van der Waals surface area (Å²) < 4.78 is 16.8. The third kappa shape index (κ3) is 5.26. The van der Waals surface area contributed by atoms with Crippen LogP contribution in [-0.4, -0.2) is 15.3 Å². The van der Waals surface area contributed by atoms with Crippen LogP contribution >= 0.6 is 11.3 Å². The van der Waals surface area contributed by atoms with Gasteiger partial charge in [-0.25, -0.2) is 14.1 Å². The molecule has 0 bridgehead atoms. The maximum atomic E-state index is 12.9. The van der Waals surface area contributed by atoms with Gasteiger partial charge in [0.25, 0.3) is 0 Å². The lowest BCUT2D eigenvalue weighted by atomic mass is 9.89. The number of thiophene rings is 1. The minimum Gasteiger partial charge on any atom is -0.385 e. The van der Waals surface area contributed by atoms with E-state index < -0.39 is 21.5 Å². The van der Waals surface area contributed by atoms with Crippen LogP contribution in [0.25, 0.3) is 0 Å². The van der Waals surface area contributed by atoms with Crippen molar-refractivity contribution in [2.75, 3.05) is 5.32 Å². The molecule has 0 spiro atoms. The summed E-state index contributed by atoms with van der Waals surface area (Å²) in [7, 11) is -3.50. The van der Waals surface area contributed by atoms with Crippen LogP contribution in [-0.2, 0) is 15.5 Å². The van der Waals surface area contributed by atoms with E-state index in [0.29, 0.717) is 21.7 Å². The summed E-state index contributed by atoms with van der Waals surface area (Å²) in [5, 5.41) is 28.2. The molecule has 1 aromatic carbocycles. The number of aliphatic hydroxyl groups is 1. The van der Waals surface area contributed by atoms with Crippen LogP contribution < -0.4 is 10.5 Å². The summed E-state index contributed by atoms with van der Waals surface area (Å²) in [6, 6.07) is 7.98. The van der Waals surface area contributed by atoms with E-state index in [1.807, 2.05) is 27.7 Å². The molecule has 0 aliphatic rings. The minimum absolute atomic E-state index is 0.0254. The van der Waals surface area contributed by atoms with E-state index in [-0.39, 0.29) is 16.0 Å².